The minimum atomic E-state index is -5.20. The first kappa shape index (κ1) is 41.4. The molecule has 0 radical (unpaired) electrons. The van der Waals surface area contributed by atoms with E-state index in [0.717, 1.165) is 24.3 Å². The molecule has 21 nitrogen and oxygen atoms in total. The van der Waals surface area contributed by atoms with Crippen molar-refractivity contribution in [2.75, 3.05) is 16.8 Å². The van der Waals surface area contributed by atoms with Crippen LogP contribution in [0.2, 0.25) is 0 Å². The number of carbonyl (C=O) groups is 1. The third kappa shape index (κ3) is 9.50. The van der Waals surface area contributed by atoms with Gasteiger partial charge in [0.05, 0.1) is 33.0 Å². The summed E-state index contributed by atoms with van der Waals surface area (Å²) in [5.41, 5.74) is 11.2. The molecule has 24 heteroatoms. The average Bonchev–Trinajstić information content (AvgIpc) is 3.16. The molecule has 0 fully saturated rings. The largest absolute Gasteiger partial charge is 0.506 e. The summed E-state index contributed by atoms with van der Waals surface area (Å²) in [6.07, 6.45) is 0. The van der Waals surface area contributed by atoms with E-state index >= 15 is 0 Å². The van der Waals surface area contributed by atoms with Crippen LogP contribution in [-0.2, 0) is 30.4 Å². The van der Waals surface area contributed by atoms with E-state index in [-0.39, 0.29) is 28.4 Å². The standard InChI is InChI=1S/C35H27N9O12S3/c36-20-3-14-26(27(45)17-20)42-39-23-8-6-21(7-9-23)38-35(47)18-1-4-22(5-2-18)40-43-32-28(58(51,52)53)15-19-16-29(59(54,55)56)33(34(46)30(19)31(32)37)44-41-24-10-12-25(13-11-24)57(48,49)50/h1-17,45-46H,36-37H2,(H,38,47)(H,48,49,50)(H,51,52,53)(H,54,55,56). The second-order valence-corrected chi connectivity index (χ2v) is 16.3. The number of aromatic hydroxyl groups is 2. The third-order valence-corrected chi connectivity index (χ3v) is 10.7. The molecule has 0 aromatic heterocycles. The number of nitrogen functional groups attached to an aromatic ring is 2. The van der Waals surface area contributed by atoms with Crippen molar-refractivity contribution < 1.29 is 53.9 Å². The monoisotopic (exact) mass is 861 g/mol. The van der Waals surface area contributed by atoms with Crippen LogP contribution in [0, 0.1) is 0 Å². The summed E-state index contributed by atoms with van der Waals surface area (Å²) in [6, 6.07) is 21.6. The number of carbonyl (C=O) groups excluding carboxylic acids is 1. The van der Waals surface area contributed by atoms with Crippen molar-refractivity contribution >= 4 is 98.2 Å². The van der Waals surface area contributed by atoms with Crippen LogP contribution in [0.1, 0.15) is 10.4 Å². The van der Waals surface area contributed by atoms with Crippen LogP contribution in [0.15, 0.2) is 149 Å². The number of hydrogen-bond acceptors (Lipinski definition) is 17. The van der Waals surface area contributed by atoms with Gasteiger partial charge < -0.3 is 27.0 Å². The third-order valence-electron chi connectivity index (χ3n) is 8.06. The summed E-state index contributed by atoms with van der Waals surface area (Å²) in [4.78, 5) is 10.4. The molecule has 0 aliphatic heterocycles. The summed E-state index contributed by atoms with van der Waals surface area (Å²) in [6.45, 7) is 0. The number of nitrogens with one attached hydrogen (secondary N) is 1. The second-order valence-electron chi connectivity index (χ2n) is 12.1. The number of azo groups is 3. The van der Waals surface area contributed by atoms with E-state index in [1.165, 1.54) is 36.4 Å². The van der Waals surface area contributed by atoms with Crippen molar-refractivity contribution in [3.63, 3.8) is 0 Å². The Kier molecular flexibility index (Phi) is 11.2. The Morgan fingerprint density at radius 3 is 1.58 bits per heavy atom. The molecule has 0 unspecified atom stereocenters. The van der Waals surface area contributed by atoms with Gasteiger partial charge in [-0.3, -0.25) is 18.5 Å². The molecule has 6 aromatic rings. The van der Waals surface area contributed by atoms with Gasteiger partial charge in [0.25, 0.3) is 36.3 Å². The fourth-order valence-corrected chi connectivity index (χ4v) is 7.04. The molecule has 0 spiro atoms. The summed E-state index contributed by atoms with van der Waals surface area (Å²) < 4.78 is 101. The van der Waals surface area contributed by atoms with Crippen molar-refractivity contribution in [1.29, 1.82) is 0 Å². The van der Waals surface area contributed by atoms with Gasteiger partial charge in [0.15, 0.2) is 5.75 Å². The maximum Gasteiger partial charge on any atom is 0.296 e. The first-order chi connectivity index (χ1) is 27.7. The molecular formula is C35H27N9O12S3. The molecule has 0 bridgehead atoms. The normalized spacial score (nSPS) is 12.5. The maximum absolute atomic E-state index is 12.9. The van der Waals surface area contributed by atoms with Gasteiger partial charge in [0, 0.05) is 23.0 Å². The van der Waals surface area contributed by atoms with Crippen molar-refractivity contribution in [3.8, 4) is 11.5 Å². The number of phenolic OH excluding ortho intramolecular Hbond substituents is 2. The highest BCUT2D eigenvalue weighted by Gasteiger charge is 2.28. The second kappa shape index (κ2) is 16.0. The highest BCUT2D eigenvalue weighted by atomic mass is 32.2. The maximum atomic E-state index is 12.9. The Bertz CT molecular complexity index is 3090. The Hall–Kier alpha value is -7.22. The fourth-order valence-electron chi connectivity index (χ4n) is 5.24. The van der Waals surface area contributed by atoms with Gasteiger partial charge >= 0.3 is 0 Å². The van der Waals surface area contributed by atoms with Gasteiger partial charge in [-0.15, -0.1) is 15.3 Å². The molecule has 59 heavy (non-hydrogen) atoms. The number of amides is 1. The minimum Gasteiger partial charge on any atom is -0.506 e. The predicted octanol–water partition coefficient (Wildman–Crippen LogP) is 7.65. The average molecular weight is 862 g/mol. The van der Waals surface area contributed by atoms with E-state index in [9.17, 15) is 53.9 Å². The van der Waals surface area contributed by atoms with Crippen LogP contribution in [-0.4, -0.2) is 55.0 Å². The molecule has 0 atom stereocenters. The Labute approximate surface area is 333 Å². The Balaban J connectivity index is 1.27. The van der Waals surface area contributed by atoms with E-state index in [1.54, 1.807) is 30.3 Å². The molecule has 0 saturated carbocycles. The van der Waals surface area contributed by atoms with E-state index in [0.29, 0.717) is 29.2 Å². The summed E-state index contributed by atoms with van der Waals surface area (Å²) in [5, 5.41) is 46.3. The quantitative estimate of drug-likeness (QED) is 0.0352. The summed E-state index contributed by atoms with van der Waals surface area (Å²) >= 11 is 0. The lowest BCUT2D eigenvalue weighted by atomic mass is 10.1. The zero-order valence-electron chi connectivity index (χ0n) is 29.5. The number of rotatable bonds is 11. The zero-order valence-corrected chi connectivity index (χ0v) is 31.9. The molecule has 0 aliphatic carbocycles. The van der Waals surface area contributed by atoms with Crippen LogP contribution in [0.4, 0.5) is 51.2 Å². The summed E-state index contributed by atoms with van der Waals surface area (Å²) in [5.74, 6) is -1.70. The van der Waals surface area contributed by atoms with E-state index in [1.807, 2.05) is 0 Å². The Morgan fingerprint density at radius 1 is 0.559 bits per heavy atom. The zero-order chi connectivity index (χ0) is 42.9. The van der Waals surface area contributed by atoms with Gasteiger partial charge in [-0.25, -0.2) is 0 Å². The van der Waals surface area contributed by atoms with Crippen LogP contribution in [0.5, 0.6) is 11.5 Å². The molecule has 6 aromatic carbocycles. The minimum absolute atomic E-state index is 0.0598. The molecule has 302 valence electrons. The molecule has 10 N–H and O–H groups in total. The van der Waals surface area contributed by atoms with Crippen molar-refractivity contribution in [2.24, 2.45) is 30.7 Å². The van der Waals surface area contributed by atoms with Gasteiger partial charge in [-0.05, 0) is 102 Å². The SMILES string of the molecule is Nc1ccc(N=Nc2ccc(NC(=O)c3ccc(N=Nc4c(S(=O)(=O)O)cc5cc(S(=O)(=O)O)c(N=Nc6ccc(S(=O)(=O)O)cc6)c(O)c5c4N)cc3)cc2)c(O)c1. The van der Waals surface area contributed by atoms with Gasteiger partial charge in [0.2, 0.25) is 0 Å². The van der Waals surface area contributed by atoms with Crippen LogP contribution in [0.3, 0.4) is 0 Å². The summed E-state index contributed by atoms with van der Waals surface area (Å²) in [7, 11) is -14.9. The molecule has 0 heterocycles. The lowest BCUT2D eigenvalue weighted by Crippen LogP contribution is -2.11. The first-order valence-corrected chi connectivity index (χ1v) is 20.5. The number of hydrogen-bond donors (Lipinski definition) is 8. The molecule has 0 aliphatic rings. The predicted molar refractivity (Wildman–Crippen MR) is 212 cm³/mol. The number of phenols is 2. The van der Waals surface area contributed by atoms with E-state index in [4.69, 9.17) is 11.5 Å². The molecule has 1 amide bonds. The fraction of sp³-hybridized carbons (Fsp3) is 0. The van der Waals surface area contributed by atoms with E-state index < -0.39 is 84.5 Å². The number of nitrogens with two attached hydrogens (primary N) is 2. The number of anilines is 3. The lowest BCUT2D eigenvalue weighted by Gasteiger charge is -2.14. The van der Waals surface area contributed by atoms with Gasteiger partial charge in [-0.2, -0.15) is 40.6 Å². The molecule has 6 rings (SSSR count). The lowest BCUT2D eigenvalue weighted by molar-refractivity contribution is 0.102. The molecule has 0 saturated heterocycles. The van der Waals surface area contributed by atoms with Gasteiger partial charge in [-0.1, -0.05) is 0 Å². The smallest absolute Gasteiger partial charge is 0.296 e. The first-order valence-electron chi connectivity index (χ1n) is 16.2. The van der Waals surface area contributed by atoms with Crippen LogP contribution in [0.25, 0.3) is 10.8 Å². The Morgan fingerprint density at radius 2 is 1.05 bits per heavy atom. The number of benzene rings is 6. The van der Waals surface area contributed by atoms with Crippen LogP contribution < -0.4 is 16.8 Å². The van der Waals surface area contributed by atoms with Crippen molar-refractivity contribution in [1.82, 2.24) is 0 Å². The number of fused-ring (bicyclic) bond motifs is 1. The van der Waals surface area contributed by atoms with E-state index in [2.05, 4.69) is 36.0 Å². The van der Waals surface area contributed by atoms with Crippen LogP contribution >= 0.6 is 0 Å². The highest BCUT2D eigenvalue weighted by Crippen LogP contribution is 2.48. The number of nitrogens with zero attached hydrogens (tertiary/aromatic N) is 6. The topological polar surface area (TPSA) is 359 Å². The van der Waals surface area contributed by atoms with Crippen molar-refractivity contribution in [3.05, 3.63) is 109 Å². The van der Waals surface area contributed by atoms with Gasteiger partial charge in [0.1, 0.15) is 32.6 Å². The van der Waals surface area contributed by atoms with Crippen molar-refractivity contribution in [2.45, 2.75) is 14.7 Å². The highest BCUT2D eigenvalue weighted by molar-refractivity contribution is 7.86. The molecular weight excluding hydrogens is 835 g/mol.